The summed E-state index contributed by atoms with van der Waals surface area (Å²) in [6, 6.07) is 15.1. The molecule has 2 aliphatic heterocycles. The van der Waals surface area contributed by atoms with E-state index in [9.17, 15) is 9.59 Å². The Hall–Kier alpha value is -2.88. The lowest BCUT2D eigenvalue weighted by Crippen LogP contribution is -2.33. The van der Waals surface area contributed by atoms with Gasteiger partial charge in [0.25, 0.3) is 11.8 Å². The molecule has 2 unspecified atom stereocenters. The van der Waals surface area contributed by atoms with E-state index < -0.39 is 0 Å². The van der Waals surface area contributed by atoms with Crippen LogP contribution in [0.4, 0.5) is 0 Å². The Kier molecular flexibility index (Phi) is 3.27. The van der Waals surface area contributed by atoms with Crippen LogP contribution in [0, 0.1) is 13.8 Å². The highest BCUT2D eigenvalue weighted by Gasteiger charge is 2.45. The van der Waals surface area contributed by atoms with E-state index in [1.165, 1.54) is 0 Å². The number of rotatable bonds is 2. The molecule has 0 radical (unpaired) electrons. The lowest BCUT2D eigenvalue weighted by molar-refractivity contribution is -0.118. The molecule has 2 N–H and O–H groups in total. The molecule has 4 rings (SSSR count). The van der Waals surface area contributed by atoms with E-state index in [1.807, 2.05) is 62.4 Å². The summed E-state index contributed by atoms with van der Waals surface area (Å²) in [5.41, 5.74) is 5.19. The predicted molar refractivity (Wildman–Crippen MR) is 91.2 cm³/mol. The third-order valence-electron chi connectivity index (χ3n) is 4.66. The lowest BCUT2D eigenvalue weighted by Gasteiger charge is -2.17. The molecule has 0 aliphatic carbocycles. The topological polar surface area (TPSA) is 58.2 Å². The van der Waals surface area contributed by atoms with Crippen LogP contribution in [0.2, 0.25) is 0 Å². The first-order valence-electron chi connectivity index (χ1n) is 8.03. The van der Waals surface area contributed by atoms with Crippen molar-refractivity contribution in [2.75, 3.05) is 0 Å². The van der Waals surface area contributed by atoms with Crippen molar-refractivity contribution in [3.8, 4) is 0 Å². The van der Waals surface area contributed by atoms with Gasteiger partial charge in [0, 0.05) is 0 Å². The highest BCUT2D eigenvalue weighted by atomic mass is 16.2. The van der Waals surface area contributed by atoms with Gasteiger partial charge in [0.2, 0.25) is 0 Å². The average Bonchev–Trinajstić information content (AvgIpc) is 3.07. The SMILES string of the molecule is Cc1cccc(C2NC(=O)C3=C2C(=O)NC3c2cccc(C)c2)c1. The van der Waals surface area contributed by atoms with Crippen molar-refractivity contribution >= 4 is 11.8 Å². The van der Waals surface area contributed by atoms with Gasteiger partial charge < -0.3 is 10.6 Å². The van der Waals surface area contributed by atoms with Gasteiger partial charge in [-0.3, -0.25) is 9.59 Å². The van der Waals surface area contributed by atoms with E-state index >= 15 is 0 Å². The molecule has 0 fully saturated rings. The Labute approximate surface area is 140 Å². The molecular formula is C20H18N2O2. The Bertz CT molecular complexity index is 825. The summed E-state index contributed by atoms with van der Waals surface area (Å²) in [5.74, 6) is -0.331. The second-order valence-corrected chi connectivity index (χ2v) is 6.47. The van der Waals surface area contributed by atoms with Crippen LogP contribution < -0.4 is 10.6 Å². The van der Waals surface area contributed by atoms with Gasteiger partial charge in [0.05, 0.1) is 23.2 Å². The van der Waals surface area contributed by atoms with Crippen molar-refractivity contribution in [1.82, 2.24) is 10.6 Å². The second-order valence-electron chi connectivity index (χ2n) is 6.47. The van der Waals surface area contributed by atoms with Crippen LogP contribution in [0.5, 0.6) is 0 Å². The summed E-state index contributed by atoms with van der Waals surface area (Å²) in [7, 11) is 0. The Balaban J connectivity index is 1.80. The van der Waals surface area contributed by atoms with E-state index in [4.69, 9.17) is 0 Å². The minimum absolute atomic E-state index is 0.165. The lowest BCUT2D eigenvalue weighted by atomic mass is 9.94. The van der Waals surface area contributed by atoms with Gasteiger partial charge in [-0.05, 0) is 25.0 Å². The molecule has 2 aliphatic rings. The van der Waals surface area contributed by atoms with E-state index in [0.29, 0.717) is 11.1 Å². The fraction of sp³-hybridized carbons (Fsp3) is 0.200. The average molecular weight is 318 g/mol. The number of benzene rings is 2. The maximum Gasteiger partial charge on any atom is 0.250 e. The van der Waals surface area contributed by atoms with Crippen LogP contribution in [0.1, 0.15) is 34.3 Å². The molecule has 4 nitrogen and oxygen atoms in total. The van der Waals surface area contributed by atoms with Gasteiger partial charge in [-0.15, -0.1) is 0 Å². The zero-order chi connectivity index (χ0) is 16.8. The summed E-state index contributed by atoms with van der Waals surface area (Å²) >= 11 is 0. The highest BCUT2D eigenvalue weighted by Crippen LogP contribution is 2.41. The molecule has 120 valence electrons. The summed E-state index contributed by atoms with van der Waals surface area (Å²) in [6.45, 7) is 4.00. The van der Waals surface area contributed by atoms with Crippen LogP contribution in [-0.2, 0) is 9.59 Å². The van der Waals surface area contributed by atoms with Gasteiger partial charge in [-0.1, -0.05) is 59.7 Å². The van der Waals surface area contributed by atoms with Crippen molar-refractivity contribution in [3.63, 3.8) is 0 Å². The van der Waals surface area contributed by atoms with Gasteiger partial charge in [-0.2, -0.15) is 0 Å². The molecule has 0 aromatic heterocycles. The molecular weight excluding hydrogens is 300 g/mol. The summed E-state index contributed by atoms with van der Waals surface area (Å²) in [5, 5.41) is 5.94. The molecule has 0 bridgehead atoms. The smallest absolute Gasteiger partial charge is 0.250 e. The number of carbonyl (C=O) groups excluding carboxylic acids is 2. The quantitative estimate of drug-likeness (QED) is 0.894. The zero-order valence-corrected chi connectivity index (χ0v) is 13.6. The fourth-order valence-electron chi connectivity index (χ4n) is 3.58. The molecule has 2 atom stereocenters. The first-order chi connectivity index (χ1) is 11.5. The van der Waals surface area contributed by atoms with Gasteiger partial charge in [0.1, 0.15) is 0 Å². The minimum atomic E-state index is -0.373. The Morgan fingerprint density at radius 1 is 0.708 bits per heavy atom. The molecule has 0 saturated heterocycles. The molecule has 4 heteroatoms. The van der Waals surface area contributed by atoms with Crippen LogP contribution >= 0.6 is 0 Å². The number of aryl methyl sites for hydroxylation is 2. The van der Waals surface area contributed by atoms with E-state index in [1.54, 1.807) is 0 Å². The summed E-state index contributed by atoms with van der Waals surface area (Å²) < 4.78 is 0. The normalized spacial score (nSPS) is 22.4. The van der Waals surface area contributed by atoms with Crippen LogP contribution in [0.15, 0.2) is 59.7 Å². The highest BCUT2D eigenvalue weighted by molar-refractivity contribution is 6.13. The first kappa shape index (κ1) is 14.7. The number of hydrogen-bond acceptors (Lipinski definition) is 2. The van der Waals surface area contributed by atoms with E-state index in [0.717, 1.165) is 22.3 Å². The minimum Gasteiger partial charge on any atom is -0.341 e. The molecule has 0 saturated carbocycles. The van der Waals surface area contributed by atoms with E-state index in [-0.39, 0.29) is 23.9 Å². The molecule has 2 aromatic rings. The molecule has 2 aromatic carbocycles. The largest absolute Gasteiger partial charge is 0.341 e. The van der Waals surface area contributed by atoms with E-state index in [2.05, 4.69) is 10.6 Å². The number of amides is 2. The van der Waals surface area contributed by atoms with Crippen molar-refractivity contribution in [2.45, 2.75) is 25.9 Å². The van der Waals surface area contributed by atoms with Crippen LogP contribution in [0.3, 0.4) is 0 Å². The number of hydrogen-bond donors (Lipinski definition) is 2. The van der Waals surface area contributed by atoms with Gasteiger partial charge in [-0.25, -0.2) is 0 Å². The molecule has 2 heterocycles. The predicted octanol–water partition coefficient (Wildman–Crippen LogP) is 2.64. The van der Waals surface area contributed by atoms with Crippen LogP contribution in [0.25, 0.3) is 0 Å². The molecule has 0 spiro atoms. The van der Waals surface area contributed by atoms with Crippen LogP contribution in [-0.4, -0.2) is 11.8 Å². The maximum atomic E-state index is 12.6. The number of carbonyl (C=O) groups is 2. The second kappa shape index (κ2) is 5.34. The Morgan fingerprint density at radius 3 is 1.50 bits per heavy atom. The maximum absolute atomic E-state index is 12.6. The third-order valence-corrected chi connectivity index (χ3v) is 4.66. The zero-order valence-electron chi connectivity index (χ0n) is 13.6. The Morgan fingerprint density at radius 2 is 1.12 bits per heavy atom. The van der Waals surface area contributed by atoms with Crippen molar-refractivity contribution in [2.24, 2.45) is 0 Å². The van der Waals surface area contributed by atoms with Crippen molar-refractivity contribution in [1.29, 1.82) is 0 Å². The standard InChI is InChI=1S/C20H18N2O2/c1-11-5-3-7-13(9-11)17-15-16(20(24)21-17)18(22-19(15)23)14-8-4-6-12(2)10-14/h3-10,17-18H,1-2H3,(H,21,24)(H,22,23). The third kappa shape index (κ3) is 2.22. The first-order valence-corrected chi connectivity index (χ1v) is 8.03. The number of nitrogens with one attached hydrogen (secondary N) is 2. The van der Waals surface area contributed by atoms with Gasteiger partial charge >= 0.3 is 0 Å². The van der Waals surface area contributed by atoms with Gasteiger partial charge in [0.15, 0.2) is 0 Å². The summed E-state index contributed by atoms with van der Waals surface area (Å²) in [4.78, 5) is 25.2. The molecule has 2 amide bonds. The fourth-order valence-corrected chi connectivity index (χ4v) is 3.58. The molecule has 24 heavy (non-hydrogen) atoms. The van der Waals surface area contributed by atoms with Crippen molar-refractivity contribution < 1.29 is 9.59 Å². The monoisotopic (exact) mass is 318 g/mol. The summed E-state index contributed by atoms with van der Waals surface area (Å²) in [6.07, 6.45) is 0. The van der Waals surface area contributed by atoms with Crippen molar-refractivity contribution in [3.05, 3.63) is 81.9 Å².